The van der Waals surface area contributed by atoms with E-state index in [9.17, 15) is 9.59 Å². The zero-order valence-electron chi connectivity index (χ0n) is 9.90. The van der Waals surface area contributed by atoms with Crippen molar-refractivity contribution in [2.24, 2.45) is 5.73 Å². The normalized spacial score (nSPS) is 12.5. The van der Waals surface area contributed by atoms with Gasteiger partial charge in [0.1, 0.15) is 0 Å². The molecule has 0 aromatic heterocycles. The van der Waals surface area contributed by atoms with Crippen LogP contribution in [0.15, 0.2) is 0 Å². The third-order valence-corrected chi connectivity index (χ3v) is 2.09. The molecule has 0 aliphatic carbocycles. The maximum atomic E-state index is 11.4. The van der Waals surface area contributed by atoms with Crippen molar-refractivity contribution in [1.82, 2.24) is 10.2 Å². The molecule has 0 aromatic rings. The van der Waals surface area contributed by atoms with Crippen LogP contribution in [-0.2, 0) is 9.59 Å². The van der Waals surface area contributed by atoms with Crippen LogP contribution in [0, 0.1) is 0 Å². The van der Waals surface area contributed by atoms with Gasteiger partial charge in [0, 0.05) is 13.0 Å². The highest BCUT2D eigenvalue weighted by Crippen LogP contribution is 1.94. The number of rotatable bonds is 8. The Bertz CT molecular complexity index is 231. The summed E-state index contributed by atoms with van der Waals surface area (Å²) in [6, 6.07) is -0.726. The molecule has 94 valence electrons. The van der Waals surface area contributed by atoms with E-state index < -0.39 is 12.0 Å². The highest BCUT2D eigenvalue weighted by molar-refractivity contribution is 5.82. The summed E-state index contributed by atoms with van der Waals surface area (Å²) >= 11 is 0. The third-order valence-electron chi connectivity index (χ3n) is 2.09. The van der Waals surface area contributed by atoms with Crippen molar-refractivity contribution in [3.8, 4) is 0 Å². The van der Waals surface area contributed by atoms with Crippen LogP contribution in [0.2, 0.25) is 0 Å². The molecule has 16 heavy (non-hydrogen) atoms. The Hall–Kier alpha value is -1.14. The van der Waals surface area contributed by atoms with Crippen LogP contribution >= 0.6 is 0 Å². The average molecular weight is 231 g/mol. The number of carbonyl (C=O) groups is 2. The SMILES string of the molecule is CN(C)CCCNC(=O)C(N)CCC(=O)O. The molecule has 0 aliphatic heterocycles. The number of hydrogen-bond acceptors (Lipinski definition) is 4. The second-order valence-electron chi connectivity index (χ2n) is 3.99. The Morgan fingerprint density at radius 2 is 2.06 bits per heavy atom. The smallest absolute Gasteiger partial charge is 0.303 e. The van der Waals surface area contributed by atoms with Crippen molar-refractivity contribution >= 4 is 11.9 Å². The molecule has 0 fully saturated rings. The molecule has 1 amide bonds. The van der Waals surface area contributed by atoms with Crippen LogP contribution in [0.5, 0.6) is 0 Å². The van der Waals surface area contributed by atoms with Gasteiger partial charge in [0.2, 0.25) is 5.91 Å². The lowest BCUT2D eigenvalue weighted by Crippen LogP contribution is -2.41. The van der Waals surface area contributed by atoms with Crippen LogP contribution in [0.4, 0.5) is 0 Å². The minimum absolute atomic E-state index is 0.0771. The summed E-state index contributed by atoms with van der Waals surface area (Å²) in [5, 5.41) is 11.1. The summed E-state index contributed by atoms with van der Waals surface area (Å²) in [4.78, 5) is 23.7. The number of carboxylic acid groups (broad SMARTS) is 1. The molecule has 6 heteroatoms. The first kappa shape index (κ1) is 14.9. The summed E-state index contributed by atoms with van der Waals surface area (Å²) < 4.78 is 0. The Balaban J connectivity index is 3.59. The number of nitrogens with zero attached hydrogens (tertiary/aromatic N) is 1. The summed E-state index contributed by atoms with van der Waals surface area (Å²) in [5.41, 5.74) is 5.52. The van der Waals surface area contributed by atoms with Crippen molar-refractivity contribution < 1.29 is 14.7 Å². The standard InChI is InChI=1S/C10H21N3O3/c1-13(2)7-3-6-12-10(16)8(11)4-5-9(14)15/h8H,3-7,11H2,1-2H3,(H,12,16)(H,14,15). The fraction of sp³-hybridized carbons (Fsp3) is 0.800. The number of hydrogen-bond donors (Lipinski definition) is 3. The van der Waals surface area contributed by atoms with Crippen LogP contribution in [0.3, 0.4) is 0 Å². The van der Waals surface area contributed by atoms with Gasteiger partial charge in [0.05, 0.1) is 6.04 Å². The Labute approximate surface area is 95.8 Å². The first-order chi connectivity index (χ1) is 7.43. The molecule has 0 heterocycles. The fourth-order valence-corrected chi connectivity index (χ4v) is 1.15. The van der Waals surface area contributed by atoms with Gasteiger partial charge in [-0.3, -0.25) is 9.59 Å². The number of nitrogens with one attached hydrogen (secondary N) is 1. The van der Waals surface area contributed by atoms with Gasteiger partial charge in [-0.2, -0.15) is 0 Å². The van der Waals surface area contributed by atoms with Gasteiger partial charge in [-0.1, -0.05) is 0 Å². The molecule has 0 saturated carbocycles. The van der Waals surface area contributed by atoms with E-state index >= 15 is 0 Å². The molecule has 0 aromatic carbocycles. The van der Waals surface area contributed by atoms with Crippen molar-refractivity contribution in [2.75, 3.05) is 27.2 Å². The van der Waals surface area contributed by atoms with E-state index in [0.717, 1.165) is 13.0 Å². The lowest BCUT2D eigenvalue weighted by molar-refractivity contribution is -0.137. The zero-order chi connectivity index (χ0) is 12.6. The molecule has 1 unspecified atom stereocenters. The lowest BCUT2D eigenvalue weighted by Gasteiger charge is -2.12. The van der Waals surface area contributed by atoms with E-state index in [1.807, 2.05) is 19.0 Å². The quantitative estimate of drug-likeness (QED) is 0.478. The maximum absolute atomic E-state index is 11.4. The van der Waals surface area contributed by atoms with Gasteiger partial charge in [-0.05, 0) is 33.5 Å². The number of amides is 1. The Morgan fingerprint density at radius 1 is 1.44 bits per heavy atom. The van der Waals surface area contributed by atoms with Gasteiger partial charge < -0.3 is 21.1 Å². The van der Waals surface area contributed by atoms with E-state index in [1.165, 1.54) is 0 Å². The summed E-state index contributed by atoms with van der Waals surface area (Å²) in [7, 11) is 3.92. The lowest BCUT2D eigenvalue weighted by atomic mass is 10.1. The van der Waals surface area contributed by atoms with Gasteiger partial charge in [0.15, 0.2) is 0 Å². The van der Waals surface area contributed by atoms with Crippen molar-refractivity contribution in [3.05, 3.63) is 0 Å². The largest absolute Gasteiger partial charge is 0.481 e. The van der Waals surface area contributed by atoms with Gasteiger partial charge in [0.25, 0.3) is 0 Å². The van der Waals surface area contributed by atoms with Crippen LogP contribution in [0.25, 0.3) is 0 Å². The van der Waals surface area contributed by atoms with Crippen LogP contribution < -0.4 is 11.1 Å². The molecule has 1 atom stereocenters. The number of aliphatic carboxylic acids is 1. The second kappa shape index (κ2) is 8.06. The highest BCUT2D eigenvalue weighted by Gasteiger charge is 2.13. The molecular formula is C10H21N3O3. The topological polar surface area (TPSA) is 95.7 Å². The van der Waals surface area contributed by atoms with E-state index in [-0.39, 0.29) is 18.7 Å². The first-order valence-electron chi connectivity index (χ1n) is 5.33. The summed E-state index contributed by atoms with van der Waals surface area (Å²) in [5.74, 6) is -1.21. The average Bonchev–Trinajstić information content (AvgIpc) is 2.20. The molecule has 6 nitrogen and oxygen atoms in total. The van der Waals surface area contributed by atoms with Gasteiger partial charge in [-0.15, -0.1) is 0 Å². The molecule has 0 spiro atoms. The van der Waals surface area contributed by atoms with Crippen LogP contribution in [0.1, 0.15) is 19.3 Å². The minimum Gasteiger partial charge on any atom is -0.481 e. The third kappa shape index (κ3) is 8.19. The molecule has 4 N–H and O–H groups in total. The second-order valence-corrected chi connectivity index (χ2v) is 3.99. The molecule has 0 aliphatic rings. The van der Waals surface area contributed by atoms with Gasteiger partial charge in [-0.25, -0.2) is 0 Å². The van der Waals surface area contributed by atoms with Crippen molar-refractivity contribution in [2.45, 2.75) is 25.3 Å². The van der Waals surface area contributed by atoms with E-state index in [0.29, 0.717) is 6.54 Å². The van der Waals surface area contributed by atoms with Crippen molar-refractivity contribution in [3.63, 3.8) is 0 Å². The highest BCUT2D eigenvalue weighted by atomic mass is 16.4. The molecule has 0 bridgehead atoms. The molecular weight excluding hydrogens is 210 g/mol. The van der Waals surface area contributed by atoms with E-state index in [4.69, 9.17) is 10.8 Å². The Morgan fingerprint density at radius 3 is 2.56 bits per heavy atom. The van der Waals surface area contributed by atoms with E-state index in [2.05, 4.69) is 5.32 Å². The fourth-order valence-electron chi connectivity index (χ4n) is 1.15. The predicted octanol–water partition coefficient (Wildman–Crippen LogP) is -0.754. The zero-order valence-corrected chi connectivity index (χ0v) is 9.90. The summed E-state index contributed by atoms with van der Waals surface area (Å²) in [6.45, 7) is 1.46. The number of carbonyl (C=O) groups excluding carboxylic acids is 1. The molecule has 0 rings (SSSR count). The molecule has 0 radical (unpaired) electrons. The summed E-state index contributed by atoms with van der Waals surface area (Å²) in [6.07, 6.45) is 0.950. The van der Waals surface area contributed by atoms with E-state index in [1.54, 1.807) is 0 Å². The maximum Gasteiger partial charge on any atom is 0.303 e. The predicted molar refractivity (Wildman–Crippen MR) is 61.0 cm³/mol. The minimum atomic E-state index is -0.934. The van der Waals surface area contributed by atoms with Gasteiger partial charge >= 0.3 is 5.97 Å². The number of nitrogens with two attached hydrogens (primary N) is 1. The van der Waals surface area contributed by atoms with Crippen molar-refractivity contribution in [1.29, 1.82) is 0 Å². The van der Waals surface area contributed by atoms with Crippen LogP contribution in [-0.4, -0.2) is 55.1 Å². The molecule has 0 saturated heterocycles. The monoisotopic (exact) mass is 231 g/mol. The number of carboxylic acids is 1. The Kier molecular flexibility index (Phi) is 7.49. The first-order valence-corrected chi connectivity index (χ1v) is 5.33.